The van der Waals surface area contributed by atoms with E-state index in [4.69, 9.17) is 10.5 Å². The Morgan fingerprint density at radius 2 is 2.33 bits per heavy atom. The van der Waals surface area contributed by atoms with Crippen molar-refractivity contribution in [1.29, 1.82) is 0 Å². The van der Waals surface area contributed by atoms with Crippen LogP contribution in [0.4, 0.5) is 0 Å². The molecule has 80 valence electrons. The molecule has 15 heavy (non-hydrogen) atoms. The van der Waals surface area contributed by atoms with Crippen molar-refractivity contribution in [3.63, 3.8) is 0 Å². The second-order valence-electron chi connectivity index (χ2n) is 2.50. The van der Waals surface area contributed by atoms with Gasteiger partial charge in [0.05, 0.1) is 7.11 Å². The van der Waals surface area contributed by atoms with Crippen LogP contribution in [-0.4, -0.2) is 23.1 Å². The molecule has 6 nitrogen and oxygen atoms in total. The van der Waals surface area contributed by atoms with Crippen LogP contribution in [0, 0.1) is 0 Å². The Morgan fingerprint density at radius 1 is 1.60 bits per heavy atom. The van der Waals surface area contributed by atoms with Gasteiger partial charge in [0.25, 0.3) is 5.91 Å². The number of nitrogens with two attached hydrogens (primary N) is 1. The van der Waals surface area contributed by atoms with Gasteiger partial charge in [0.2, 0.25) is 5.88 Å². The molecule has 4 N–H and O–H groups in total. The van der Waals surface area contributed by atoms with E-state index in [1.54, 1.807) is 12.1 Å². The number of hydrogen-bond acceptors (Lipinski definition) is 4. The molecule has 0 saturated carbocycles. The van der Waals surface area contributed by atoms with E-state index in [0.717, 1.165) is 0 Å². The highest BCUT2D eigenvalue weighted by molar-refractivity contribution is 7.80. The largest absolute Gasteiger partial charge is 0.480 e. The highest BCUT2D eigenvalue weighted by Crippen LogP contribution is 2.12. The minimum Gasteiger partial charge on any atom is -0.480 e. The molecule has 1 heterocycles. The van der Waals surface area contributed by atoms with Gasteiger partial charge < -0.3 is 10.5 Å². The summed E-state index contributed by atoms with van der Waals surface area (Å²) in [6.45, 7) is 0. The highest BCUT2D eigenvalue weighted by atomic mass is 32.1. The molecule has 0 bridgehead atoms. The van der Waals surface area contributed by atoms with E-state index in [0.29, 0.717) is 5.56 Å². The Balaban J connectivity index is 2.77. The molecule has 1 amide bonds. The van der Waals surface area contributed by atoms with Crippen molar-refractivity contribution in [3.8, 4) is 5.88 Å². The van der Waals surface area contributed by atoms with Crippen molar-refractivity contribution in [2.24, 2.45) is 5.73 Å². The Kier molecular flexibility index (Phi) is 3.81. The topological polar surface area (TPSA) is 89.3 Å². The summed E-state index contributed by atoms with van der Waals surface area (Å²) in [5, 5.41) is -0.0220. The average molecular weight is 226 g/mol. The van der Waals surface area contributed by atoms with Gasteiger partial charge in [-0.05, 0) is 24.4 Å². The van der Waals surface area contributed by atoms with Crippen molar-refractivity contribution in [1.82, 2.24) is 15.8 Å². The maximum absolute atomic E-state index is 11.5. The lowest BCUT2D eigenvalue weighted by atomic mass is 10.2. The molecule has 0 aliphatic carbocycles. The first kappa shape index (κ1) is 11.2. The van der Waals surface area contributed by atoms with Crippen LogP contribution in [0.1, 0.15) is 10.4 Å². The number of nitrogens with one attached hydrogen (secondary N) is 2. The fraction of sp³-hybridized carbons (Fsp3) is 0.125. The van der Waals surface area contributed by atoms with Crippen LogP contribution in [-0.2, 0) is 0 Å². The summed E-state index contributed by atoms with van der Waals surface area (Å²) in [5.41, 5.74) is 10.1. The lowest BCUT2D eigenvalue weighted by Crippen LogP contribution is -2.44. The van der Waals surface area contributed by atoms with Crippen molar-refractivity contribution in [2.75, 3.05) is 7.11 Å². The molecular formula is C8H10N4O2S. The second-order valence-corrected chi connectivity index (χ2v) is 2.94. The number of carbonyl (C=O) groups is 1. The van der Waals surface area contributed by atoms with Gasteiger partial charge in [-0.15, -0.1) is 0 Å². The third kappa shape index (κ3) is 3.06. The normalized spacial score (nSPS) is 9.13. The quantitative estimate of drug-likeness (QED) is 0.468. The summed E-state index contributed by atoms with van der Waals surface area (Å²) in [7, 11) is 1.43. The van der Waals surface area contributed by atoms with Gasteiger partial charge in [0, 0.05) is 6.20 Å². The van der Waals surface area contributed by atoms with Gasteiger partial charge in [0.1, 0.15) is 5.56 Å². The first-order chi connectivity index (χ1) is 7.15. The summed E-state index contributed by atoms with van der Waals surface area (Å²) >= 11 is 4.53. The minimum atomic E-state index is -0.423. The minimum absolute atomic E-state index is 0.0220. The molecule has 0 aromatic carbocycles. The van der Waals surface area contributed by atoms with E-state index in [9.17, 15) is 4.79 Å². The van der Waals surface area contributed by atoms with Crippen LogP contribution in [0.3, 0.4) is 0 Å². The zero-order chi connectivity index (χ0) is 11.3. The van der Waals surface area contributed by atoms with Crippen LogP contribution >= 0.6 is 12.2 Å². The molecule has 1 rings (SSSR count). The van der Waals surface area contributed by atoms with Gasteiger partial charge in [0.15, 0.2) is 5.11 Å². The predicted molar refractivity (Wildman–Crippen MR) is 58.2 cm³/mol. The van der Waals surface area contributed by atoms with Crippen molar-refractivity contribution < 1.29 is 9.53 Å². The number of amides is 1. The smallest absolute Gasteiger partial charge is 0.275 e. The Morgan fingerprint density at radius 3 is 2.93 bits per heavy atom. The molecule has 0 fully saturated rings. The van der Waals surface area contributed by atoms with E-state index in [1.807, 2.05) is 0 Å². The summed E-state index contributed by atoms with van der Waals surface area (Å²) in [6, 6.07) is 3.20. The molecule has 0 saturated heterocycles. The molecule has 0 unspecified atom stereocenters. The van der Waals surface area contributed by atoms with Gasteiger partial charge in [-0.2, -0.15) is 0 Å². The maximum atomic E-state index is 11.5. The standard InChI is InChI=1S/C8H10N4O2S/c1-14-7-5(3-2-4-10-7)6(13)11-12-8(9)15/h2-4H,1H3,(H,11,13)(H3,9,12,15). The number of aromatic nitrogens is 1. The lowest BCUT2D eigenvalue weighted by molar-refractivity contribution is 0.0940. The Bertz CT molecular complexity index is 383. The predicted octanol–water partition coefficient (Wildman–Crippen LogP) is -0.432. The lowest BCUT2D eigenvalue weighted by Gasteiger charge is -2.08. The van der Waals surface area contributed by atoms with Crippen LogP contribution in [0.5, 0.6) is 5.88 Å². The number of hydrazine groups is 1. The number of methoxy groups -OCH3 is 1. The van der Waals surface area contributed by atoms with Gasteiger partial charge in [-0.3, -0.25) is 15.6 Å². The van der Waals surface area contributed by atoms with Crippen LogP contribution < -0.4 is 21.3 Å². The van der Waals surface area contributed by atoms with Crippen molar-refractivity contribution >= 4 is 23.2 Å². The SMILES string of the molecule is COc1ncccc1C(=O)NNC(N)=S. The van der Waals surface area contributed by atoms with Gasteiger partial charge in [-0.1, -0.05) is 0 Å². The second kappa shape index (κ2) is 5.11. The number of thiocarbonyl (C=S) groups is 1. The number of pyridine rings is 1. The fourth-order valence-electron chi connectivity index (χ4n) is 0.912. The van der Waals surface area contributed by atoms with E-state index in [1.165, 1.54) is 13.3 Å². The molecule has 0 radical (unpaired) electrons. The number of ether oxygens (including phenoxy) is 1. The molecular weight excluding hydrogens is 216 g/mol. The summed E-state index contributed by atoms with van der Waals surface area (Å²) in [5.74, 6) is -0.188. The summed E-state index contributed by atoms with van der Waals surface area (Å²) in [4.78, 5) is 15.4. The fourth-order valence-corrected chi connectivity index (χ4v) is 0.963. The summed E-state index contributed by atoms with van der Waals surface area (Å²) in [6.07, 6.45) is 1.52. The summed E-state index contributed by atoms with van der Waals surface area (Å²) < 4.78 is 4.91. The van der Waals surface area contributed by atoms with Gasteiger partial charge in [-0.25, -0.2) is 4.98 Å². The van der Waals surface area contributed by atoms with Crippen LogP contribution in [0.25, 0.3) is 0 Å². The number of hydrogen-bond donors (Lipinski definition) is 3. The van der Waals surface area contributed by atoms with Crippen molar-refractivity contribution in [2.45, 2.75) is 0 Å². The highest BCUT2D eigenvalue weighted by Gasteiger charge is 2.11. The zero-order valence-electron chi connectivity index (χ0n) is 7.98. The van der Waals surface area contributed by atoms with E-state index in [2.05, 4.69) is 28.1 Å². The van der Waals surface area contributed by atoms with Crippen LogP contribution in [0.2, 0.25) is 0 Å². The third-order valence-electron chi connectivity index (χ3n) is 1.51. The Hall–Kier alpha value is -1.89. The molecule has 0 atom stereocenters. The monoisotopic (exact) mass is 226 g/mol. The molecule has 1 aromatic rings. The molecule has 0 aliphatic rings. The average Bonchev–Trinajstić information content (AvgIpc) is 2.25. The van der Waals surface area contributed by atoms with E-state index in [-0.39, 0.29) is 11.0 Å². The van der Waals surface area contributed by atoms with E-state index < -0.39 is 5.91 Å². The maximum Gasteiger partial charge on any atom is 0.275 e. The Labute approximate surface area is 91.8 Å². The zero-order valence-corrected chi connectivity index (χ0v) is 8.80. The third-order valence-corrected chi connectivity index (χ3v) is 1.61. The first-order valence-corrected chi connectivity index (χ1v) is 4.40. The molecule has 1 aromatic heterocycles. The van der Waals surface area contributed by atoms with Gasteiger partial charge >= 0.3 is 0 Å². The number of carbonyl (C=O) groups excluding carboxylic acids is 1. The number of rotatable bonds is 2. The molecule has 0 spiro atoms. The molecule has 0 aliphatic heterocycles. The van der Waals surface area contributed by atoms with Crippen molar-refractivity contribution in [3.05, 3.63) is 23.9 Å². The first-order valence-electron chi connectivity index (χ1n) is 4.00. The molecule has 7 heteroatoms. The number of nitrogens with zero attached hydrogens (tertiary/aromatic N) is 1. The van der Waals surface area contributed by atoms with Crippen LogP contribution in [0.15, 0.2) is 18.3 Å². The van der Waals surface area contributed by atoms with E-state index >= 15 is 0 Å².